The maximum absolute atomic E-state index is 12.3. The predicted molar refractivity (Wildman–Crippen MR) is 90.7 cm³/mol. The van der Waals surface area contributed by atoms with Crippen LogP contribution in [0.2, 0.25) is 0 Å². The smallest absolute Gasteiger partial charge is 0.270 e. The first-order chi connectivity index (χ1) is 11.5. The van der Waals surface area contributed by atoms with Crippen LogP contribution >= 0.6 is 0 Å². The lowest BCUT2D eigenvalue weighted by Gasteiger charge is -2.08. The van der Waals surface area contributed by atoms with E-state index in [4.69, 9.17) is 10.5 Å². The lowest BCUT2D eigenvalue weighted by atomic mass is 10.2. The molecule has 2 aromatic rings. The Labute approximate surface area is 140 Å². The van der Waals surface area contributed by atoms with Gasteiger partial charge in [0.2, 0.25) is 0 Å². The van der Waals surface area contributed by atoms with Crippen molar-refractivity contribution in [2.24, 2.45) is 10.8 Å². The molecule has 0 unspecified atom stereocenters. The molecule has 1 aromatic carbocycles. The first-order valence-corrected chi connectivity index (χ1v) is 7.30. The van der Waals surface area contributed by atoms with Crippen molar-refractivity contribution in [1.29, 1.82) is 0 Å². The van der Waals surface area contributed by atoms with Gasteiger partial charge in [-0.3, -0.25) is 4.79 Å². The normalized spacial score (nSPS) is 11.0. The molecule has 0 spiro atoms. The molecule has 1 amide bonds. The van der Waals surface area contributed by atoms with Crippen LogP contribution in [-0.2, 0) is 6.54 Å². The van der Waals surface area contributed by atoms with E-state index in [1.54, 1.807) is 21.1 Å². The van der Waals surface area contributed by atoms with E-state index in [-0.39, 0.29) is 17.4 Å². The molecule has 0 fully saturated rings. The Bertz CT molecular complexity index is 760. The number of methoxy groups -OCH3 is 1. The van der Waals surface area contributed by atoms with Gasteiger partial charge in [0.25, 0.3) is 5.91 Å². The van der Waals surface area contributed by atoms with Crippen molar-refractivity contribution < 1.29 is 9.53 Å². The van der Waals surface area contributed by atoms with Crippen molar-refractivity contribution in [3.63, 3.8) is 0 Å². The third-order valence-electron chi connectivity index (χ3n) is 3.15. The summed E-state index contributed by atoms with van der Waals surface area (Å²) in [4.78, 5) is 20.6. The quantitative estimate of drug-likeness (QED) is 0.405. The van der Waals surface area contributed by atoms with Crippen LogP contribution in [0.1, 0.15) is 27.6 Å². The number of nitrogens with zero attached hydrogens (tertiary/aromatic N) is 3. The van der Waals surface area contributed by atoms with E-state index in [1.807, 2.05) is 24.3 Å². The zero-order chi connectivity index (χ0) is 17.5. The van der Waals surface area contributed by atoms with Crippen molar-refractivity contribution in [3.05, 3.63) is 53.1 Å². The predicted octanol–water partition coefficient (Wildman–Crippen LogP) is 0.563. The largest absolute Gasteiger partial charge is 0.497 e. The summed E-state index contributed by atoms with van der Waals surface area (Å²) >= 11 is 0. The van der Waals surface area contributed by atoms with E-state index in [1.165, 1.54) is 6.07 Å². The van der Waals surface area contributed by atoms with E-state index < -0.39 is 0 Å². The summed E-state index contributed by atoms with van der Waals surface area (Å²) in [7, 11) is 3.22. The number of hydrazone groups is 1. The Morgan fingerprint density at radius 1 is 1.29 bits per heavy atom. The number of aryl methyl sites for hydroxylation is 1. The number of hydrogen-bond acceptors (Lipinski definition) is 6. The summed E-state index contributed by atoms with van der Waals surface area (Å²) in [5.74, 6) is 1.04. The second-order valence-electron chi connectivity index (χ2n) is 4.94. The first kappa shape index (κ1) is 17.2. The Balaban J connectivity index is 2.13. The number of benzene rings is 1. The second-order valence-corrected chi connectivity index (χ2v) is 4.94. The van der Waals surface area contributed by atoms with E-state index in [0.29, 0.717) is 18.1 Å². The molecule has 0 aliphatic heterocycles. The molecule has 0 radical (unpaired) electrons. The van der Waals surface area contributed by atoms with Crippen LogP contribution in [0.5, 0.6) is 5.75 Å². The molecule has 8 heteroatoms. The average molecular weight is 328 g/mol. The Morgan fingerprint density at radius 3 is 2.75 bits per heavy atom. The van der Waals surface area contributed by atoms with Crippen molar-refractivity contribution in [2.45, 2.75) is 13.5 Å². The SMILES string of the molecule is CN/N=C(\N)c1cc(C(=O)NCc2cccc(OC)c2)nc(C)n1. The molecular formula is C16H20N6O2. The van der Waals surface area contributed by atoms with E-state index in [9.17, 15) is 4.79 Å². The van der Waals surface area contributed by atoms with Gasteiger partial charge in [-0.05, 0) is 30.7 Å². The Morgan fingerprint density at radius 2 is 2.04 bits per heavy atom. The molecule has 1 aromatic heterocycles. The number of amides is 1. The standard InChI is InChI=1S/C16H20N6O2/c1-10-20-13(15(17)22-18-2)8-14(21-10)16(23)19-9-11-5-4-6-12(7-11)24-3/h4-8,18H,9H2,1-3H3,(H2,17,22)(H,19,23). The first-order valence-electron chi connectivity index (χ1n) is 7.30. The molecular weight excluding hydrogens is 308 g/mol. The van der Waals surface area contributed by atoms with Crippen molar-refractivity contribution in [2.75, 3.05) is 14.2 Å². The van der Waals surface area contributed by atoms with Crippen LogP contribution in [-0.4, -0.2) is 35.9 Å². The number of aromatic nitrogens is 2. The third-order valence-corrected chi connectivity index (χ3v) is 3.15. The van der Waals surface area contributed by atoms with Crippen LogP contribution in [0.4, 0.5) is 0 Å². The summed E-state index contributed by atoms with van der Waals surface area (Å²) in [5.41, 5.74) is 9.92. The maximum Gasteiger partial charge on any atom is 0.270 e. The van der Waals surface area contributed by atoms with E-state index in [2.05, 4.69) is 25.8 Å². The van der Waals surface area contributed by atoms with Gasteiger partial charge >= 0.3 is 0 Å². The fourth-order valence-electron chi connectivity index (χ4n) is 2.05. The number of amidine groups is 1. The van der Waals surface area contributed by atoms with Crippen LogP contribution < -0.4 is 21.2 Å². The summed E-state index contributed by atoms with van der Waals surface area (Å²) in [6.07, 6.45) is 0. The van der Waals surface area contributed by atoms with Gasteiger partial charge in [-0.1, -0.05) is 12.1 Å². The maximum atomic E-state index is 12.3. The van der Waals surface area contributed by atoms with Gasteiger partial charge in [0, 0.05) is 13.6 Å². The molecule has 4 N–H and O–H groups in total. The van der Waals surface area contributed by atoms with Gasteiger partial charge in [-0.15, -0.1) is 0 Å². The van der Waals surface area contributed by atoms with Crippen LogP contribution in [0.25, 0.3) is 0 Å². The van der Waals surface area contributed by atoms with Crippen LogP contribution in [0.3, 0.4) is 0 Å². The number of hydrogen-bond donors (Lipinski definition) is 3. The highest BCUT2D eigenvalue weighted by Crippen LogP contribution is 2.12. The van der Waals surface area contributed by atoms with Crippen LogP contribution in [0, 0.1) is 6.92 Å². The molecule has 0 bridgehead atoms. The number of carbonyl (C=O) groups is 1. The minimum atomic E-state index is -0.318. The highest BCUT2D eigenvalue weighted by Gasteiger charge is 2.12. The highest BCUT2D eigenvalue weighted by atomic mass is 16.5. The monoisotopic (exact) mass is 328 g/mol. The number of ether oxygens (including phenoxy) is 1. The lowest BCUT2D eigenvalue weighted by molar-refractivity contribution is 0.0945. The highest BCUT2D eigenvalue weighted by molar-refractivity contribution is 5.99. The lowest BCUT2D eigenvalue weighted by Crippen LogP contribution is -2.26. The van der Waals surface area contributed by atoms with E-state index in [0.717, 1.165) is 11.3 Å². The number of nitrogens with one attached hydrogen (secondary N) is 2. The van der Waals surface area contributed by atoms with Gasteiger partial charge in [0.1, 0.15) is 23.0 Å². The summed E-state index contributed by atoms with van der Waals surface area (Å²) in [6, 6.07) is 8.97. The number of nitrogens with two attached hydrogens (primary N) is 1. The molecule has 0 aliphatic rings. The molecule has 2 rings (SSSR count). The molecule has 0 aliphatic carbocycles. The number of rotatable bonds is 6. The van der Waals surface area contributed by atoms with Gasteiger partial charge in [0.15, 0.2) is 5.84 Å². The van der Waals surface area contributed by atoms with Crippen molar-refractivity contribution in [3.8, 4) is 5.75 Å². The van der Waals surface area contributed by atoms with Gasteiger partial charge in [-0.2, -0.15) is 5.10 Å². The second kappa shape index (κ2) is 7.91. The van der Waals surface area contributed by atoms with E-state index >= 15 is 0 Å². The fraction of sp³-hybridized carbons (Fsp3) is 0.250. The van der Waals surface area contributed by atoms with Crippen molar-refractivity contribution in [1.82, 2.24) is 20.7 Å². The third kappa shape index (κ3) is 4.42. The van der Waals surface area contributed by atoms with Gasteiger partial charge in [-0.25, -0.2) is 9.97 Å². The minimum absolute atomic E-state index is 0.185. The zero-order valence-electron chi connectivity index (χ0n) is 13.8. The van der Waals surface area contributed by atoms with Gasteiger partial charge in [0.05, 0.1) is 7.11 Å². The number of carbonyl (C=O) groups excluding carboxylic acids is 1. The molecule has 0 saturated carbocycles. The molecule has 0 atom stereocenters. The summed E-state index contributed by atoms with van der Waals surface area (Å²) < 4.78 is 5.16. The van der Waals surface area contributed by atoms with Crippen LogP contribution in [0.15, 0.2) is 35.4 Å². The van der Waals surface area contributed by atoms with Gasteiger partial charge < -0.3 is 21.2 Å². The molecule has 1 heterocycles. The Hall–Kier alpha value is -3.16. The Kier molecular flexibility index (Phi) is 5.67. The zero-order valence-corrected chi connectivity index (χ0v) is 13.8. The summed E-state index contributed by atoms with van der Waals surface area (Å²) in [5, 5.41) is 6.67. The minimum Gasteiger partial charge on any atom is -0.497 e. The average Bonchev–Trinajstić information content (AvgIpc) is 2.59. The fourth-order valence-corrected chi connectivity index (χ4v) is 2.05. The molecule has 8 nitrogen and oxygen atoms in total. The van der Waals surface area contributed by atoms with Crippen molar-refractivity contribution >= 4 is 11.7 Å². The molecule has 24 heavy (non-hydrogen) atoms. The summed E-state index contributed by atoms with van der Waals surface area (Å²) in [6.45, 7) is 2.05. The molecule has 0 saturated heterocycles. The molecule has 126 valence electrons. The topological polar surface area (TPSA) is 115 Å².